The van der Waals surface area contributed by atoms with Crippen molar-refractivity contribution in [3.05, 3.63) is 0 Å². The summed E-state index contributed by atoms with van der Waals surface area (Å²) >= 11 is 0. The highest BCUT2D eigenvalue weighted by molar-refractivity contribution is 5.84. The van der Waals surface area contributed by atoms with Gasteiger partial charge in [-0.05, 0) is 12.8 Å². The molecule has 12 heavy (non-hydrogen) atoms. The number of Topliss-reactive ketones (excluding diaryl/α,β-unsaturated/α-hetero) is 1. The highest BCUT2D eigenvalue weighted by atomic mass is 16.1. The molecule has 1 aliphatic carbocycles. The zero-order valence-corrected chi connectivity index (χ0v) is 8.36. The Balaban J connectivity index is 2.59. The van der Waals surface area contributed by atoms with Crippen LogP contribution in [-0.4, -0.2) is 5.78 Å². The quantitative estimate of drug-likeness (QED) is 0.578. The van der Waals surface area contributed by atoms with Crippen LogP contribution in [0.5, 0.6) is 0 Å². The van der Waals surface area contributed by atoms with Crippen molar-refractivity contribution < 1.29 is 4.79 Å². The lowest BCUT2D eigenvalue weighted by Gasteiger charge is -2.25. The normalized spacial score (nSPS) is 23.2. The third-order valence-corrected chi connectivity index (χ3v) is 3.20. The van der Waals surface area contributed by atoms with Crippen LogP contribution in [0.1, 0.15) is 58.8 Å². The zero-order valence-electron chi connectivity index (χ0n) is 8.36. The van der Waals surface area contributed by atoms with Crippen molar-refractivity contribution in [1.29, 1.82) is 0 Å². The summed E-state index contributed by atoms with van der Waals surface area (Å²) in [5.41, 5.74) is 0.0330. The van der Waals surface area contributed by atoms with E-state index in [1.54, 1.807) is 0 Å². The van der Waals surface area contributed by atoms with Crippen LogP contribution < -0.4 is 0 Å². The molecule has 0 amide bonds. The van der Waals surface area contributed by atoms with E-state index in [2.05, 4.69) is 6.92 Å². The van der Waals surface area contributed by atoms with Crippen LogP contribution in [0.2, 0.25) is 0 Å². The Bertz CT molecular complexity index is 152. The Hall–Kier alpha value is -0.330. The molecule has 0 unspecified atom stereocenters. The van der Waals surface area contributed by atoms with Crippen molar-refractivity contribution in [2.75, 3.05) is 0 Å². The number of rotatable bonds is 2. The topological polar surface area (TPSA) is 17.1 Å². The van der Waals surface area contributed by atoms with Crippen LogP contribution in [0.4, 0.5) is 0 Å². The molecule has 0 radical (unpaired) electrons. The largest absolute Gasteiger partial charge is 0.299 e. The van der Waals surface area contributed by atoms with E-state index >= 15 is 0 Å². The van der Waals surface area contributed by atoms with Crippen LogP contribution >= 0.6 is 0 Å². The van der Waals surface area contributed by atoms with E-state index in [4.69, 9.17) is 0 Å². The molecule has 1 nitrogen and oxygen atoms in total. The van der Waals surface area contributed by atoms with Gasteiger partial charge >= 0.3 is 0 Å². The minimum atomic E-state index is 0.0330. The lowest BCUT2D eigenvalue weighted by Crippen LogP contribution is -2.26. The van der Waals surface area contributed by atoms with Gasteiger partial charge in [0.25, 0.3) is 0 Å². The van der Waals surface area contributed by atoms with E-state index in [0.717, 1.165) is 19.3 Å². The number of carbonyl (C=O) groups is 1. The maximum atomic E-state index is 11.6. The molecule has 1 fully saturated rings. The second-order valence-electron chi connectivity index (χ2n) is 4.25. The summed E-state index contributed by atoms with van der Waals surface area (Å²) in [6.07, 6.45) is 8.12. The molecule has 1 heteroatoms. The highest BCUT2D eigenvalue weighted by Crippen LogP contribution is 2.35. The van der Waals surface area contributed by atoms with Gasteiger partial charge in [-0.15, -0.1) is 0 Å². The predicted octanol–water partition coefficient (Wildman–Crippen LogP) is 3.33. The van der Waals surface area contributed by atoms with Gasteiger partial charge in [-0.2, -0.15) is 0 Å². The molecule has 1 saturated carbocycles. The molecule has 0 atom stereocenters. The molecule has 0 saturated heterocycles. The monoisotopic (exact) mass is 168 g/mol. The second-order valence-corrected chi connectivity index (χ2v) is 4.25. The van der Waals surface area contributed by atoms with Crippen molar-refractivity contribution in [2.45, 2.75) is 58.8 Å². The first-order valence-electron chi connectivity index (χ1n) is 5.22. The molecule has 0 N–H and O–H groups in total. The predicted molar refractivity (Wildman–Crippen MR) is 51.1 cm³/mol. The molecule has 0 aromatic rings. The van der Waals surface area contributed by atoms with E-state index in [1.807, 2.05) is 6.92 Å². The van der Waals surface area contributed by atoms with Crippen molar-refractivity contribution in [2.24, 2.45) is 5.41 Å². The van der Waals surface area contributed by atoms with Gasteiger partial charge in [0.15, 0.2) is 0 Å². The lowest BCUT2D eigenvalue weighted by atomic mass is 9.78. The molecule has 0 spiro atoms. The van der Waals surface area contributed by atoms with Crippen LogP contribution in [0, 0.1) is 5.41 Å². The first kappa shape index (κ1) is 9.76. The number of ketones is 1. The van der Waals surface area contributed by atoms with Crippen molar-refractivity contribution in [1.82, 2.24) is 0 Å². The molecule has 1 aliphatic rings. The molecule has 0 heterocycles. The maximum absolute atomic E-state index is 11.6. The van der Waals surface area contributed by atoms with Gasteiger partial charge in [-0.1, -0.05) is 39.5 Å². The van der Waals surface area contributed by atoms with E-state index in [1.165, 1.54) is 25.7 Å². The van der Waals surface area contributed by atoms with Crippen LogP contribution in [-0.2, 0) is 4.79 Å². The Labute approximate surface area is 75.5 Å². The van der Waals surface area contributed by atoms with Gasteiger partial charge in [-0.25, -0.2) is 0 Å². The summed E-state index contributed by atoms with van der Waals surface area (Å²) in [6.45, 7) is 4.14. The van der Waals surface area contributed by atoms with Crippen LogP contribution in [0.3, 0.4) is 0 Å². The SMILES string of the molecule is CCC(=O)C1(C)CCCCCC1. The summed E-state index contributed by atoms with van der Waals surface area (Å²) in [5.74, 6) is 0.476. The molecule has 1 rings (SSSR count). The molecule has 0 aromatic heterocycles. The fraction of sp³-hybridized carbons (Fsp3) is 0.909. The minimum absolute atomic E-state index is 0.0330. The van der Waals surface area contributed by atoms with Crippen LogP contribution in [0.25, 0.3) is 0 Å². The Morgan fingerprint density at radius 1 is 1.17 bits per heavy atom. The summed E-state index contributed by atoms with van der Waals surface area (Å²) in [5, 5.41) is 0. The standard InChI is InChI=1S/C11H20O/c1-3-10(12)11(2)8-6-4-5-7-9-11/h3-9H2,1-2H3. The van der Waals surface area contributed by atoms with Crippen LogP contribution in [0.15, 0.2) is 0 Å². The summed E-state index contributed by atoms with van der Waals surface area (Å²) < 4.78 is 0. The average Bonchev–Trinajstić information content (AvgIpc) is 2.29. The maximum Gasteiger partial charge on any atom is 0.138 e. The molecular formula is C11H20O. The van der Waals surface area contributed by atoms with E-state index in [0.29, 0.717) is 5.78 Å². The average molecular weight is 168 g/mol. The number of hydrogen-bond donors (Lipinski definition) is 0. The van der Waals surface area contributed by atoms with Gasteiger partial charge in [0.05, 0.1) is 0 Å². The Kier molecular flexibility index (Phi) is 3.30. The molecular weight excluding hydrogens is 148 g/mol. The minimum Gasteiger partial charge on any atom is -0.299 e. The zero-order chi connectivity index (χ0) is 9.03. The Morgan fingerprint density at radius 3 is 2.08 bits per heavy atom. The molecule has 0 bridgehead atoms. The van der Waals surface area contributed by atoms with Gasteiger partial charge in [0.2, 0.25) is 0 Å². The second kappa shape index (κ2) is 4.06. The van der Waals surface area contributed by atoms with E-state index in [9.17, 15) is 4.79 Å². The molecule has 0 aromatic carbocycles. The lowest BCUT2D eigenvalue weighted by molar-refractivity contribution is -0.128. The summed E-state index contributed by atoms with van der Waals surface area (Å²) in [4.78, 5) is 11.6. The fourth-order valence-electron chi connectivity index (χ4n) is 2.21. The highest BCUT2D eigenvalue weighted by Gasteiger charge is 2.31. The molecule has 0 aliphatic heterocycles. The van der Waals surface area contributed by atoms with E-state index in [-0.39, 0.29) is 5.41 Å². The number of hydrogen-bond acceptors (Lipinski definition) is 1. The fourth-order valence-corrected chi connectivity index (χ4v) is 2.21. The van der Waals surface area contributed by atoms with Gasteiger partial charge in [0, 0.05) is 11.8 Å². The first-order valence-corrected chi connectivity index (χ1v) is 5.22. The Morgan fingerprint density at radius 2 is 1.67 bits per heavy atom. The first-order chi connectivity index (χ1) is 5.69. The van der Waals surface area contributed by atoms with E-state index < -0.39 is 0 Å². The van der Waals surface area contributed by atoms with Crippen molar-refractivity contribution >= 4 is 5.78 Å². The third kappa shape index (κ3) is 2.09. The van der Waals surface area contributed by atoms with Crippen molar-refractivity contribution in [3.8, 4) is 0 Å². The summed E-state index contributed by atoms with van der Waals surface area (Å²) in [6, 6.07) is 0. The number of carbonyl (C=O) groups excluding carboxylic acids is 1. The van der Waals surface area contributed by atoms with Gasteiger partial charge in [-0.3, -0.25) is 4.79 Å². The molecule has 70 valence electrons. The summed E-state index contributed by atoms with van der Waals surface area (Å²) in [7, 11) is 0. The van der Waals surface area contributed by atoms with Crippen molar-refractivity contribution in [3.63, 3.8) is 0 Å². The van der Waals surface area contributed by atoms with Gasteiger partial charge in [0.1, 0.15) is 5.78 Å². The smallest absolute Gasteiger partial charge is 0.138 e. The van der Waals surface area contributed by atoms with Gasteiger partial charge < -0.3 is 0 Å². The third-order valence-electron chi connectivity index (χ3n) is 3.20.